The van der Waals surface area contributed by atoms with Gasteiger partial charge in [-0.1, -0.05) is 0 Å². The Balaban J connectivity index is 1.77. The van der Waals surface area contributed by atoms with Gasteiger partial charge in [0.1, 0.15) is 6.07 Å². The number of anilines is 1. The molecule has 0 saturated carbocycles. The molecule has 3 heterocycles. The van der Waals surface area contributed by atoms with Crippen molar-refractivity contribution in [1.29, 1.82) is 5.26 Å². The summed E-state index contributed by atoms with van der Waals surface area (Å²) in [6.07, 6.45) is 6.85. The molecule has 88 valence electrons. The first-order valence-electron chi connectivity index (χ1n) is 6.10. The van der Waals surface area contributed by atoms with E-state index in [1.807, 2.05) is 0 Å². The van der Waals surface area contributed by atoms with Crippen molar-refractivity contribution in [2.45, 2.75) is 31.3 Å². The third-order valence-electron chi connectivity index (χ3n) is 3.73. The zero-order chi connectivity index (χ0) is 11.7. The highest BCUT2D eigenvalue weighted by Gasteiger charge is 2.37. The van der Waals surface area contributed by atoms with Gasteiger partial charge >= 0.3 is 0 Å². The van der Waals surface area contributed by atoms with Crippen LogP contribution in [0.5, 0.6) is 0 Å². The first kappa shape index (κ1) is 10.5. The molecule has 2 unspecified atom stereocenters. The van der Waals surface area contributed by atoms with Crippen molar-refractivity contribution in [2.24, 2.45) is 0 Å². The Labute approximate surface area is 100 Å². The van der Waals surface area contributed by atoms with Crippen LogP contribution in [-0.4, -0.2) is 40.0 Å². The Bertz CT molecular complexity index is 452. The molecule has 3 rings (SSSR count). The van der Waals surface area contributed by atoms with E-state index < -0.39 is 0 Å². The second-order valence-corrected chi connectivity index (χ2v) is 4.65. The molecule has 0 bridgehead atoms. The highest BCUT2D eigenvalue weighted by atomic mass is 15.2. The van der Waals surface area contributed by atoms with E-state index in [2.05, 4.69) is 26.3 Å². The summed E-state index contributed by atoms with van der Waals surface area (Å²) in [7, 11) is 0. The van der Waals surface area contributed by atoms with Gasteiger partial charge in [0.05, 0.1) is 0 Å². The van der Waals surface area contributed by atoms with E-state index in [4.69, 9.17) is 5.26 Å². The van der Waals surface area contributed by atoms with Crippen molar-refractivity contribution >= 4 is 5.82 Å². The molecule has 0 aromatic carbocycles. The van der Waals surface area contributed by atoms with E-state index in [-0.39, 0.29) is 0 Å². The van der Waals surface area contributed by atoms with Crippen molar-refractivity contribution in [3.8, 4) is 6.07 Å². The molecule has 5 nitrogen and oxygen atoms in total. The lowest BCUT2D eigenvalue weighted by Gasteiger charge is -2.21. The van der Waals surface area contributed by atoms with E-state index in [0.29, 0.717) is 23.6 Å². The second-order valence-electron chi connectivity index (χ2n) is 4.65. The molecular weight excluding hydrogens is 214 g/mol. The van der Waals surface area contributed by atoms with Crippen LogP contribution in [0.15, 0.2) is 12.4 Å². The number of rotatable bonds is 2. The topological polar surface area (TPSA) is 64.8 Å². The first-order valence-corrected chi connectivity index (χ1v) is 6.10. The normalized spacial score (nSPS) is 27.7. The van der Waals surface area contributed by atoms with E-state index in [9.17, 15) is 0 Å². The number of hydrogen-bond acceptors (Lipinski definition) is 5. The molecule has 2 fully saturated rings. The average molecular weight is 229 g/mol. The maximum Gasteiger partial charge on any atom is 0.182 e. The Morgan fingerprint density at radius 3 is 3.06 bits per heavy atom. The fourth-order valence-electron chi connectivity index (χ4n) is 2.95. The summed E-state index contributed by atoms with van der Waals surface area (Å²) in [5.41, 5.74) is 0.393. The maximum absolute atomic E-state index is 8.98. The van der Waals surface area contributed by atoms with Crippen LogP contribution >= 0.6 is 0 Å². The van der Waals surface area contributed by atoms with E-state index in [1.54, 1.807) is 12.4 Å². The van der Waals surface area contributed by atoms with E-state index in [1.165, 1.54) is 19.4 Å². The molecule has 2 atom stereocenters. The Morgan fingerprint density at radius 1 is 1.29 bits per heavy atom. The number of fused-ring (bicyclic) bond motifs is 1. The summed E-state index contributed by atoms with van der Waals surface area (Å²) in [6, 6.07) is 3.11. The van der Waals surface area contributed by atoms with Gasteiger partial charge in [0.25, 0.3) is 0 Å². The van der Waals surface area contributed by atoms with Crippen LogP contribution in [0, 0.1) is 11.3 Å². The van der Waals surface area contributed by atoms with Gasteiger partial charge in [-0.15, -0.1) is 0 Å². The largest absolute Gasteiger partial charge is 0.363 e. The van der Waals surface area contributed by atoms with Crippen LogP contribution in [0.25, 0.3) is 0 Å². The van der Waals surface area contributed by atoms with E-state index in [0.717, 1.165) is 13.0 Å². The zero-order valence-corrected chi connectivity index (χ0v) is 9.63. The van der Waals surface area contributed by atoms with Crippen LogP contribution in [0.1, 0.15) is 25.0 Å². The molecule has 5 heteroatoms. The lowest BCUT2D eigenvalue weighted by atomic mass is 10.1. The smallest absolute Gasteiger partial charge is 0.182 e. The van der Waals surface area contributed by atoms with Crippen molar-refractivity contribution in [2.75, 3.05) is 18.4 Å². The third-order valence-corrected chi connectivity index (χ3v) is 3.73. The minimum Gasteiger partial charge on any atom is -0.363 e. The van der Waals surface area contributed by atoms with Gasteiger partial charge in [-0.05, 0) is 25.8 Å². The summed E-state index contributed by atoms with van der Waals surface area (Å²) in [6.45, 7) is 2.37. The van der Waals surface area contributed by atoms with Crippen LogP contribution in [0.3, 0.4) is 0 Å². The molecule has 1 N–H and O–H groups in total. The van der Waals surface area contributed by atoms with Crippen molar-refractivity contribution < 1.29 is 0 Å². The summed E-state index contributed by atoms with van der Waals surface area (Å²) < 4.78 is 0. The molecule has 1 aromatic rings. The zero-order valence-electron chi connectivity index (χ0n) is 9.63. The molecule has 2 saturated heterocycles. The lowest BCUT2D eigenvalue weighted by molar-refractivity contribution is 0.318. The van der Waals surface area contributed by atoms with Gasteiger partial charge in [0, 0.05) is 31.0 Å². The minimum atomic E-state index is 0.393. The monoisotopic (exact) mass is 229 g/mol. The van der Waals surface area contributed by atoms with Gasteiger partial charge < -0.3 is 5.32 Å². The van der Waals surface area contributed by atoms with Gasteiger partial charge in [0.15, 0.2) is 11.5 Å². The molecule has 0 amide bonds. The molecule has 0 spiro atoms. The summed E-state index contributed by atoms with van der Waals surface area (Å²) in [4.78, 5) is 10.8. The van der Waals surface area contributed by atoms with Crippen LogP contribution < -0.4 is 5.32 Å². The standard InChI is InChI=1S/C12H15N5/c13-8-10-12(15-5-4-14-10)16-9-3-7-17-6-1-2-11(9)17/h4-5,9,11H,1-3,6-7H2,(H,15,16). The highest BCUT2D eigenvalue weighted by molar-refractivity contribution is 5.47. The van der Waals surface area contributed by atoms with Gasteiger partial charge in [-0.25, -0.2) is 9.97 Å². The summed E-state index contributed by atoms with van der Waals surface area (Å²) in [5, 5.41) is 12.4. The van der Waals surface area contributed by atoms with Gasteiger partial charge in [-0.2, -0.15) is 5.26 Å². The number of hydrogen-bond donors (Lipinski definition) is 1. The quantitative estimate of drug-likeness (QED) is 0.819. The second kappa shape index (κ2) is 4.30. The van der Waals surface area contributed by atoms with Gasteiger partial charge in [-0.3, -0.25) is 4.90 Å². The molecule has 1 aromatic heterocycles. The highest BCUT2D eigenvalue weighted by Crippen LogP contribution is 2.29. The molecule has 0 aliphatic carbocycles. The van der Waals surface area contributed by atoms with Crippen LogP contribution in [0.2, 0.25) is 0 Å². The fourth-order valence-corrected chi connectivity index (χ4v) is 2.95. The lowest BCUT2D eigenvalue weighted by Crippen LogP contribution is -2.34. The first-order chi connectivity index (χ1) is 8.38. The number of aromatic nitrogens is 2. The summed E-state index contributed by atoms with van der Waals surface area (Å²) >= 11 is 0. The van der Waals surface area contributed by atoms with Crippen molar-refractivity contribution in [3.63, 3.8) is 0 Å². The summed E-state index contributed by atoms with van der Waals surface area (Å²) in [5.74, 6) is 0.633. The fraction of sp³-hybridized carbons (Fsp3) is 0.583. The Morgan fingerprint density at radius 2 is 2.18 bits per heavy atom. The van der Waals surface area contributed by atoms with Crippen LogP contribution in [-0.2, 0) is 0 Å². The minimum absolute atomic E-state index is 0.393. The molecular formula is C12H15N5. The SMILES string of the molecule is N#Cc1nccnc1NC1CCN2CCCC12. The number of nitrogens with zero attached hydrogens (tertiary/aromatic N) is 4. The van der Waals surface area contributed by atoms with Crippen LogP contribution in [0.4, 0.5) is 5.82 Å². The maximum atomic E-state index is 8.98. The Hall–Kier alpha value is -1.67. The molecule has 2 aliphatic heterocycles. The third kappa shape index (κ3) is 1.85. The number of nitrogens with one attached hydrogen (secondary N) is 1. The predicted molar refractivity (Wildman–Crippen MR) is 63.4 cm³/mol. The Kier molecular flexibility index (Phi) is 2.65. The molecule has 2 aliphatic rings. The van der Waals surface area contributed by atoms with Crippen molar-refractivity contribution in [1.82, 2.24) is 14.9 Å². The molecule has 0 radical (unpaired) electrons. The van der Waals surface area contributed by atoms with E-state index >= 15 is 0 Å². The molecule has 17 heavy (non-hydrogen) atoms. The van der Waals surface area contributed by atoms with Crippen molar-refractivity contribution in [3.05, 3.63) is 18.1 Å². The number of nitriles is 1. The predicted octanol–water partition coefficient (Wildman–Crippen LogP) is 0.997. The van der Waals surface area contributed by atoms with Gasteiger partial charge in [0.2, 0.25) is 0 Å². The average Bonchev–Trinajstić information content (AvgIpc) is 2.95.